The molecule has 5 nitrogen and oxygen atoms in total. The Morgan fingerprint density at radius 3 is 3.00 bits per heavy atom. The number of carbonyl (C=O) groups is 2. The SMILES string of the molecule is C[C@@H]1c2ccsc2CCN1C(=O)c1cc(C(=O)O)ccn1. The Balaban J connectivity index is 1.89. The molecule has 3 heterocycles. The van der Waals surface area contributed by atoms with Gasteiger partial charge < -0.3 is 10.0 Å². The number of pyridine rings is 1. The zero-order chi connectivity index (χ0) is 15.0. The van der Waals surface area contributed by atoms with Crippen molar-refractivity contribution in [3.05, 3.63) is 51.5 Å². The summed E-state index contributed by atoms with van der Waals surface area (Å²) in [6.45, 7) is 2.62. The third kappa shape index (κ3) is 2.42. The normalized spacial score (nSPS) is 17.4. The van der Waals surface area contributed by atoms with Crippen LogP contribution in [0.15, 0.2) is 29.8 Å². The Hall–Kier alpha value is -2.21. The molecule has 0 aliphatic carbocycles. The first-order chi connectivity index (χ1) is 10.1. The second-order valence-electron chi connectivity index (χ2n) is 4.96. The predicted octanol–water partition coefficient (Wildman–Crippen LogP) is 2.60. The number of hydrogen-bond donors (Lipinski definition) is 1. The van der Waals surface area contributed by atoms with Crippen molar-refractivity contribution in [2.24, 2.45) is 0 Å². The van der Waals surface area contributed by atoms with Gasteiger partial charge in [-0.1, -0.05) is 0 Å². The van der Waals surface area contributed by atoms with E-state index < -0.39 is 5.97 Å². The number of aromatic nitrogens is 1. The summed E-state index contributed by atoms with van der Waals surface area (Å²) >= 11 is 1.71. The summed E-state index contributed by atoms with van der Waals surface area (Å²) < 4.78 is 0. The molecule has 0 fully saturated rings. The highest BCUT2D eigenvalue weighted by atomic mass is 32.1. The lowest BCUT2D eigenvalue weighted by atomic mass is 10.0. The maximum Gasteiger partial charge on any atom is 0.335 e. The van der Waals surface area contributed by atoms with Crippen molar-refractivity contribution in [2.75, 3.05) is 6.54 Å². The smallest absolute Gasteiger partial charge is 0.335 e. The minimum absolute atomic E-state index is 0.0113. The zero-order valence-electron chi connectivity index (χ0n) is 11.4. The van der Waals surface area contributed by atoms with Crippen LogP contribution in [0.1, 0.15) is 44.3 Å². The maximum atomic E-state index is 12.6. The molecule has 0 bridgehead atoms. The Morgan fingerprint density at radius 1 is 1.43 bits per heavy atom. The van der Waals surface area contributed by atoms with Gasteiger partial charge >= 0.3 is 5.97 Å². The summed E-state index contributed by atoms with van der Waals surface area (Å²) in [5.74, 6) is -1.28. The van der Waals surface area contributed by atoms with Crippen molar-refractivity contribution < 1.29 is 14.7 Å². The minimum Gasteiger partial charge on any atom is -0.478 e. The van der Waals surface area contributed by atoms with Gasteiger partial charge in [-0.3, -0.25) is 9.78 Å². The molecule has 1 amide bonds. The molecule has 2 aromatic rings. The molecule has 1 N–H and O–H groups in total. The summed E-state index contributed by atoms with van der Waals surface area (Å²) in [5.41, 5.74) is 1.43. The predicted molar refractivity (Wildman–Crippen MR) is 78.7 cm³/mol. The first kappa shape index (κ1) is 13.8. The number of aromatic carboxylic acids is 1. The standard InChI is InChI=1S/C15H14N2O3S/c1-9-11-4-7-21-13(11)3-6-17(9)14(18)12-8-10(15(19)20)2-5-16-12/h2,4-5,7-9H,3,6H2,1H3,(H,19,20)/t9-/m1/s1. The van der Waals surface area contributed by atoms with Gasteiger partial charge in [0.05, 0.1) is 11.6 Å². The van der Waals surface area contributed by atoms with E-state index in [4.69, 9.17) is 5.11 Å². The quantitative estimate of drug-likeness (QED) is 0.925. The van der Waals surface area contributed by atoms with Gasteiger partial charge in [0.2, 0.25) is 0 Å². The molecule has 108 valence electrons. The first-order valence-electron chi connectivity index (χ1n) is 6.64. The van der Waals surface area contributed by atoms with Crippen LogP contribution in [0, 0.1) is 0 Å². The van der Waals surface area contributed by atoms with E-state index in [0.717, 1.165) is 6.42 Å². The number of carboxylic acid groups (broad SMARTS) is 1. The molecule has 0 saturated heterocycles. The Bertz CT molecular complexity index is 710. The van der Waals surface area contributed by atoms with Crippen LogP contribution in [0.5, 0.6) is 0 Å². The highest BCUT2D eigenvalue weighted by Crippen LogP contribution is 2.33. The molecule has 0 saturated carbocycles. The fourth-order valence-electron chi connectivity index (χ4n) is 2.61. The third-order valence-electron chi connectivity index (χ3n) is 3.76. The zero-order valence-corrected chi connectivity index (χ0v) is 12.3. The van der Waals surface area contributed by atoms with Gasteiger partial charge in [0.1, 0.15) is 5.69 Å². The summed E-state index contributed by atoms with van der Waals surface area (Å²) in [6.07, 6.45) is 2.20. The fourth-order valence-corrected chi connectivity index (χ4v) is 3.58. The molecular weight excluding hydrogens is 288 g/mol. The average molecular weight is 302 g/mol. The Kier molecular flexibility index (Phi) is 3.47. The van der Waals surface area contributed by atoms with Crippen molar-refractivity contribution in [1.29, 1.82) is 0 Å². The summed E-state index contributed by atoms with van der Waals surface area (Å²) in [7, 11) is 0. The van der Waals surface area contributed by atoms with Crippen molar-refractivity contribution >= 4 is 23.2 Å². The molecule has 1 aliphatic rings. The number of carboxylic acids is 1. The maximum absolute atomic E-state index is 12.6. The van der Waals surface area contributed by atoms with E-state index in [1.807, 2.05) is 18.4 Å². The number of nitrogens with zero attached hydrogens (tertiary/aromatic N) is 2. The van der Waals surface area contributed by atoms with E-state index in [9.17, 15) is 9.59 Å². The van der Waals surface area contributed by atoms with Crippen molar-refractivity contribution in [3.8, 4) is 0 Å². The molecule has 3 rings (SSSR count). The van der Waals surface area contributed by atoms with Crippen LogP contribution in [0.25, 0.3) is 0 Å². The molecule has 0 radical (unpaired) electrons. The molecular formula is C15H14N2O3S. The largest absolute Gasteiger partial charge is 0.478 e. The van der Waals surface area contributed by atoms with Crippen LogP contribution in [0.4, 0.5) is 0 Å². The van der Waals surface area contributed by atoms with Crippen LogP contribution < -0.4 is 0 Å². The highest BCUT2D eigenvalue weighted by molar-refractivity contribution is 7.10. The van der Waals surface area contributed by atoms with Crippen molar-refractivity contribution in [2.45, 2.75) is 19.4 Å². The molecule has 0 unspecified atom stereocenters. The van der Waals surface area contributed by atoms with E-state index in [1.54, 1.807) is 16.2 Å². The average Bonchev–Trinajstić information content (AvgIpc) is 2.96. The topological polar surface area (TPSA) is 70.5 Å². The monoisotopic (exact) mass is 302 g/mol. The van der Waals surface area contributed by atoms with Gasteiger partial charge in [0, 0.05) is 17.6 Å². The highest BCUT2D eigenvalue weighted by Gasteiger charge is 2.29. The lowest BCUT2D eigenvalue weighted by molar-refractivity contribution is 0.0673. The summed E-state index contributed by atoms with van der Waals surface area (Å²) in [4.78, 5) is 30.7. The van der Waals surface area contributed by atoms with Gasteiger partial charge in [-0.2, -0.15) is 0 Å². The van der Waals surface area contributed by atoms with E-state index in [-0.39, 0.29) is 23.2 Å². The van der Waals surface area contributed by atoms with Crippen LogP contribution in [-0.2, 0) is 6.42 Å². The number of hydrogen-bond acceptors (Lipinski definition) is 4. The van der Waals surface area contributed by atoms with E-state index in [1.165, 1.54) is 28.8 Å². The molecule has 0 spiro atoms. The van der Waals surface area contributed by atoms with Crippen molar-refractivity contribution in [1.82, 2.24) is 9.88 Å². The number of amides is 1. The van der Waals surface area contributed by atoms with Crippen LogP contribution in [0.2, 0.25) is 0 Å². The molecule has 21 heavy (non-hydrogen) atoms. The Labute approximate surface area is 125 Å². The summed E-state index contributed by atoms with van der Waals surface area (Å²) in [5, 5.41) is 11.0. The Morgan fingerprint density at radius 2 is 2.24 bits per heavy atom. The second-order valence-corrected chi connectivity index (χ2v) is 5.96. The molecule has 1 atom stereocenters. The van der Waals surface area contributed by atoms with Gasteiger partial charge in [0.25, 0.3) is 5.91 Å². The molecule has 2 aromatic heterocycles. The minimum atomic E-state index is -1.06. The van der Waals surface area contributed by atoms with Crippen LogP contribution in [-0.4, -0.2) is 33.4 Å². The number of fused-ring (bicyclic) bond motifs is 1. The number of rotatable bonds is 2. The number of carbonyl (C=O) groups excluding carboxylic acids is 1. The summed E-state index contributed by atoms with van der Waals surface area (Å²) in [6, 6.07) is 4.75. The second kappa shape index (κ2) is 5.29. The van der Waals surface area contributed by atoms with Crippen LogP contribution in [0.3, 0.4) is 0 Å². The van der Waals surface area contributed by atoms with Crippen LogP contribution >= 0.6 is 11.3 Å². The first-order valence-corrected chi connectivity index (χ1v) is 7.52. The van der Waals surface area contributed by atoms with Gasteiger partial charge in [-0.05, 0) is 42.5 Å². The van der Waals surface area contributed by atoms with Gasteiger partial charge in [-0.25, -0.2) is 4.79 Å². The van der Waals surface area contributed by atoms with E-state index >= 15 is 0 Å². The fraction of sp³-hybridized carbons (Fsp3) is 0.267. The van der Waals surface area contributed by atoms with Gasteiger partial charge in [-0.15, -0.1) is 11.3 Å². The molecule has 6 heteroatoms. The lowest BCUT2D eigenvalue weighted by Gasteiger charge is -2.33. The molecule has 0 aromatic carbocycles. The van der Waals surface area contributed by atoms with E-state index in [0.29, 0.717) is 6.54 Å². The van der Waals surface area contributed by atoms with Crippen molar-refractivity contribution in [3.63, 3.8) is 0 Å². The van der Waals surface area contributed by atoms with Gasteiger partial charge in [0.15, 0.2) is 0 Å². The number of thiophene rings is 1. The van der Waals surface area contributed by atoms with E-state index in [2.05, 4.69) is 4.98 Å². The molecule has 1 aliphatic heterocycles. The lowest BCUT2D eigenvalue weighted by Crippen LogP contribution is -2.38. The third-order valence-corrected chi connectivity index (χ3v) is 4.76.